The van der Waals surface area contributed by atoms with Crippen LogP contribution in [0.2, 0.25) is 0 Å². The fourth-order valence-corrected chi connectivity index (χ4v) is 3.16. The van der Waals surface area contributed by atoms with Gasteiger partial charge in [0, 0.05) is 30.8 Å². The van der Waals surface area contributed by atoms with E-state index in [2.05, 4.69) is 20.2 Å². The first-order valence-electron chi connectivity index (χ1n) is 8.60. The van der Waals surface area contributed by atoms with Crippen molar-refractivity contribution in [3.63, 3.8) is 0 Å². The second-order valence-electron chi connectivity index (χ2n) is 6.34. The number of amides is 1. The minimum absolute atomic E-state index is 0.151. The SMILES string of the molecule is CCN(CCc1nc2ccc(F)cc2[nH]1)C(=O)C(N)c1c(C)n[nH]c1C. The topological polar surface area (TPSA) is 104 Å². The number of rotatable bonds is 6. The van der Waals surface area contributed by atoms with Crippen molar-refractivity contribution in [3.05, 3.63) is 46.8 Å². The van der Waals surface area contributed by atoms with Crippen molar-refractivity contribution >= 4 is 16.9 Å². The summed E-state index contributed by atoms with van der Waals surface area (Å²) in [7, 11) is 0. The summed E-state index contributed by atoms with van der Waals surface area (Å²) in [5.41, 5.74) is 9.83. The minimum Gasteiger partial charge on any atom is -0.342 e. The van der Waals surface area contributed by atoms with Crippen molar-refractivity contribution in [3.8, 4) is 0 Å². The van der Waals surface area contributed by atoms with E-state index in [0.717, 1.165) is 17.0 Å². The first kappa shape index (κ1) is 18.1. The Morgan fingerprint density at radius 3 is 2.81 bits per heavy atom. The molecule has 2 aromatic heterocycles. The fraction of sp³-hybridized carbons (Fsp3) is 0.389. The van der Waals surface area contributed by atoms with E-state index in [1.807, 2.05) is 20.8 Å². The molecule has 138 valence electrons. The van der Waals surface area contributed by atoms with E-state index in [9.17, 15) is 9.18 Å². The lowest BCUT2D eigenvalue weighted by atomic mass is 10.0. The lowest BCUT2D eigenvalue weighted by molar-refractivity contribution is -0.132. The summed E-state index contributed by atoms with van der Waals surface area (Å²) in [6.07, 6.45) is 0.534. The molecule has 0 bridgehead atoms. The average molecular weight is 358 g/mol. The number of nitrogens with two attached hydrogens (primary N) is 1. The normalized spacial score (nSPS) is 12.5. The standard InChI is InChI=1S/C18H23FN6O/c1-4-25(18(26)17(20)16-10(2)23-24-11(16)3)8-7-15-21-13-6-5-12(19)9-14(13)22-15/h5-6,9,17H,4,7-8,20H2,1-3H3,(H,21,22)(H,23,24). The van der Waals surface area contributed by atoms with Crippen LogP contribution in [-0.2, 0) is 11.2 Å². The van der Waals surface area contributed by atoms with Crippen molar-refractivity contribution in [2.24, 2.45) is 5.73 Å². The Labute approximate surface area is 150 Å². The number of likely N-dealkylation sites (N-methyl/N-ethyl adjacent to an activating group) is 1. The number of nitrogens with zero attached hydrogens (tertiary/aromatic N) is 3. The average Bonchev–Trinajstić information content (AvgIpc) is 3.16. The molecule has 7 nitrogen and oxygen atoms in total. The Morgan fingerprint density at radius 2 is 2.15 bits per heavy atom. The molecule has 4 N–H and O–H groups in total. The zero-order chi connectivity index (χ0) is 18.8. The van der Waals surface area contributed by atoms with Crippen LogP contribution in [0, 0.1) is 19.7 Å². The summed E-state index contributed by atoms with van der Waals surface area (Å²) < 4.78 is 13.3. The molecule has 0 fully saturated rings. The molecule has 0 aliphatic carbocycles. The van der Waals surface area contributed by atoms with Crippen LogP contribution >= 0.6 is 0 Å². The third kappa shape index (κ3) is 3.45. The highest BCUT2D eigenvalue weighted by Gasteiger charge is 2.25. The molecule has 0 aliphatic rings. The Bertz CT molecular complexity index is 912. The van der Waals surface area contributed by atoms with E-state index in [0.29, 0.717) is 36.4 Å². The van der Waals surface area contributed by atoms with E-state index in [1.165, 1.54) is 12.1 Å². The monoisotopic (exact) mass is 358 g/mol. The highest BCUT2D eigenvalue weighted by molar-refractivity contribution is 5.83. The van der Waals surface area contributed by atoms with Crippen LogP contribution < -0.4 is 5.73 Å². The lowest BCUT2D eigenvalue weighted by Crippen LogP contribution is -2.40. The van der Waals surface area contributed by atoms with Gasteiger partial charge in [0.1, 0.15) is 17.7 Å². The second-order valence-corrected chi connectivity index (χ2v) is 6.34. The second kappa shape index (κ2) is 7.25. The van der Waals surface area contributed by atoms with Gasteiger partial charge in [-0.25, -0.2) is 9.37 Å². The zero-order valence-corrected chi connectivity index (χ0v) is 15.1. The summed E-state index contributed by atoms with van der Waals surface area (Å²) >= 11 is 0. The van der Waals surface area contributed by atoms with Crippen molar-refractivity contribution in [2.75, 3.05) is 13.1 Å². The number of imidazole rings is 1. The van der Waals surface area contributed by atoms with E-state index >= 15 is 0 Å². The highest BCUT2D eigenvalue weighted by Crippen LogP contribution is 2.20. The molecular formula is C18H23FN6O. The number of aromatic amines is 2. The van der Waals surface area contributed by atoms with E-state index in [-0.39, 0.29) is 11.7 Å². The molecule has 1 unspecified atom stereocenters. The maximum atomic E-state index is 13.3. The zero-order valence-electron chi connectivity index (χ0n) is 15.1. The van der Waals surface area contributed by atoms with Gasteiger partial charge < -0.3 is 15.6 Å². The van der Waals surface area contributed by atoms with Gasteiger partial charge in [-0.1, -0.05) is 0 Å². The van der Waals surface area contributed by atoms with E-state index in [1.54, 1.807) is 11.0 Å². The molecule has 2 heterocycles. The largest absolute Gasteiger partial charge is 0.342 e. The Hall–Kier alpha value is -2.74. The third-order valence-electron chi connectivity index (χ3n) is 4.57. The molecule has 0 saturated heterocycles. The molecule has 0 saturated carbocycles. The maximum Gasteiger partial charge on any atom is 0.244 e. The predicted octanol–water partition coefficient (Wildman–Crippen LogP) is 2.13. The molecular weight excluding hydrogens is 335 g/mol. The van der Waals surface area contributed by atoms with Crippen LogP contribution in [0.1, 0.15) is 35.7 Å². The molecule has 1 aromatic carbocycles. The Balaban J connectivity index is 1.71. The molecule has 8 heteroatoms. The number of H-pyrrole nitrogens is 2. The number of aryl methyl sites for hydroxylation is 2. The smallest absolute Gasteiger partial charge is 0.244 e. The van der Waals surface area contributed by atoms with Crippen molar-refractivity contribution in [1.82, 2.24) is 25.1 Å². The first-order chi connectivity index (χ1) is 12.4. The van der Waals surface area contributed by atoms with Gasteiger partial charge in [-0.2, -0.15) is 5.10 Å². The van der Waals surface area contributed by atoms with Crippen LogP contribution in [0.5, 0.6) is 0 Å². The lowest BCUT2D eigenvalue weighted by Gasteiger charge is -2.24. The van der Waals surface area contributed by atoms with E-state index in [4.69, 9.17) is 5.73 Å². The molecule has 1 atom stereocenters. The number of aromatic nitrogens is 4. The van der Waals surface area contributed by atoms with Gasteiger partial charge >= 0.3 is 0 Å². The molecule has 1 amide bonds. The van der Waals surface area contributed by atoms with Gasteiger partial charge in [-0.15, -0.1) is 0 Å². The molecule has 0 radical (unpaired) electrons. The van der Waals surface area contributed by atoms with Gasteiger partial charge in [-0.3, -0.25) is 9.89 Å². The van der Waals surface area contributed by atoms with Gasteiger partial charge in [0.25, 0.3) is 0 Å². The summed E-state index contributed by atoms with van der Waals surface area (Å²) in [6.45, 7) is 6.61. The number of carbonyl (C=O) groups excluding carboxylic acids is 1. The Morgan fingerprint density at radius 1 is 1.38 bits per heavy atom. The number of benzene rings is 1. The van der Waals surface area contributed by atoms with Crippen molar-refractivity contribution in [1.29, 1.82) is 0 Å². The van der Waals surface area contributed by atoms with Gasteiger partial charge in [-0.05, 0) is 39.0 Å². The maximum absolute atomic E-state index is 13.3. The molecule has 0 aliphatic heterocycles. The number of hydrogen-bond donors (Lipinski definition) is 3. The predicted molar refractivity (Wildman–Crippen MR) is 97.0 cm³/mol. The number of halogens is 1. The van der Waals surface area contributed by atoms with Crippen LogP contribution in [0.3, 0.4) is 0 Å². The fourth-order valence-electron chi connectivity index (χ4n) is 3.16. The van der Waals surface area contributed by atoms with Crippen molar-refractivity contribution < 1.29 is 9.18 Å². The van der Waals surface area contributed by atoms with Crippen LogP contribution in [0.25, 0.3) is 11.0 Å². The molecule has 0 spiro atoms. The number of carbonyl (C=O) groups is 1. The van der Waals surface area contributed by atoms with Crippen molar-refractivity contribution in [2.45, 2.75) is 33.2 Å². The Kier molecular flexibility index (Phi) is 5.03. The molecule has 3 rings (SSSR count). The minimum atomic E-state index is -0.751. The quantitative estimate of drug-likeness (QED) is 0.628. The summed E-state index contributed by atoms with van der Waals surface area (Å²) in [4.78, 5) is 22.0. The molecule has 26 heavy (non-hydrogen) atoms. The van der Waals surface area contributed by atoms with Crippen LogP contribution in [-0.4, -0.2) is 44.1 Å². The summed E-state index contributed by atoms with van der Waals surface area (Å²) in [5, 5.41) is 6.97. The first-order valence-corrected chi connectivity index (χ1v) is 8.60. The van der Waals surface area contributed by atoms with Crippen LogP contribution in [0.15, 0.2) is 18.2 Å². The van der Waals surface area contributed by atoms with Gasteiger partial charge in [0.15, 0.2) is 0 Å². The third-order valence-corrected chi connectivity index (χ3v) is 4.57. The van der Waals surface area contributed by atoms with E-state index < -0.39 is 6.04 Å². The number of nitrogens with one attached hydrogen (secondary N) is 2. The summed E-state index contributed by atoms with van der Waals surface area (Å²) in [6, 6.07) is 3.67. The number of hydrogen-bond acceptors (Lipinski definition) is 4. The number of fused-ring (bicyclic) bond motifs is 1. The molecule has 3 aromatic rings. The summed E-state index contributed by atoms with van der Waals surface area (Å²) in [5.74, 6) is 0.248. The van der Waals surface area contributed by atoms with Gasteiger partial charge in [0.05, 0.1) is 16.7 Å². The highest BCUT2D eigenvalue weighted by atomic mass is 19.1. The van der Waals surface area contributed by atoms with Crippen LogP contribution in [0.4, 0.5) is 4.39 Å². The van der Waals surface area contributed by atoms with Gasteiger partial charge in [0.2, 0.25) is 5.91 Å².